The van der Waals surface area contributed by atoms with Crippen LogP contribution in [0.5, 0.6) is 5.75 Å². The van der Waals surface area contributed by atoms with Crippen LogP contribution in [-0.2, 0) is 0 Å². The maximum atomic E-state index is 12.7. The Bertz CT molecular complexity index is 984. The molecule has 0 bridgehead atoms. The average Bonchev–Trinajstić information content (AvgIpc) is 2.79. The summed E-state index contributed by atoms with van der Waals surface area (Å²) in [4.78, 5) is 25.7. The van der Waals surface area contributed by atoms with Crippen molar-refractivity contribution in [2.45, 2.75) is 0 Å². The fourth-order valence-corrected chi connectivity index (χ4v) is 3.71. The number of benzene rings is 2. The smallest absolute Gasteiger partial charge is 0.253 e. The van der Waals surface area contributed by atoms with Crippen molar-refractivity contribution in [3.63, 3.8) is 0 Å². The Hall–Kier alpha value is -2.68. The molecule has 1 aromatic heterocycles. The van der Waals surface area contributed by atoms with E-state index in [0.29, 0.717) is 13.1 Å². The predicted octanol–water partition coefficient (Wildman–Crippen LogP) is 3.72. The van der Waals surface area contributed by atoms with Crippen molar-refractivity contribution in [2.24, 2.45) is 0 Å². The van der Waals surface area contributed by atoms with E-state index in [1.807, 2.05) is 59.5 Å². The molecule has 0 atom stereocenters. The molecule has 4 rings (SSSR count). The van der Waals surface area contributed by atoms with Crippen molar-refractivity contribution < 1.29 is 9.53 Å². The minimum absolute atomic E-state index is 0.0858. The zero-order chi connectivity index (χ0) is 20.2. The summed E-state index contributed by atoms with van der Waals surface area (Å²) >= 11 is 2.24. The van der Waals surface area contributed by atoms with Gasteiger partial charge in [0.15, 0.2) is 0 Å². The summed E-state index contributed by atoms with van der Waals surface area (Å²) < 4.78 is 6.34. The second-order valence-electron chi connectivity index (χ2n) is 6.78. The maximum Gasteiger partial charge on any atom is 0.253 e. The van der Waals surface area contributed by atoms with Crippen molar-refractivity contribution in [2.75, 3.05) is 38.2 Å². The van der Waals surface area contributed by atoms with Crippen LogP contribution in [0.15, 0.2) is 60.9 Å². The summed E-state index contributed by atoms with van der Waals surface area (Å²) in [5.41, 5.74) is 2.62. The van der Waals surface area contributed by atoms with Crippen molar-refractivity contribution in [1.29, 1.82) is 0 Å². The average molecular weight is 500 g/mol. The standard InChI is InChI=1S/C22H21IN4O2/c1-29-19-8-4-16(5-9-19)20-14-21(25-15-24-20)26-10-12-27(13-11-26)22(28)17-2-6-18(23)7-3-17/h2-9,14-15H,10-13H2,1H3. The van der Waals surface area contributed by atoms with Gasteiger partial charge in [-0.25, -0.2) is 9.97 Å². The number of anilines is 1. The lowest BCUT2D eigenvalue weighted by Gasteiger charge is -2.35. The lowest BCUT2D eigenvalue weighted by Crippen LogP contribution is -2.49. The third kappa shape index (κ3) is 4.50. The van der Waals surface area contributed by atoms with Crippen LogP contribution in [0, 0.1) is 3.57 Å². The summed E-state index contributed by atoms with van der Waals surface area (Å²) in [6, 6.07) is 17.5. The fourth-order valence-electron chi connectivity index (χ4n) is 3.35. The molecule has 1 saturated heterocycles. The highest BCUT2D eigenvalue weighted by Gasteiger charge is 2.23. The number of ether oxygens (including phenoxy) is 1. The molecule has 1 aliphatic heterocycles. The first-order valence-corrected chi connectivity index (χ1v) is 10.5. The Morgan fingerprint density at radius 3 is 2.31 bits per heavy atom. The Morgan fingerprint density at radius 2 is 1.66 bits per heavy atom. The van der Waals surface area contributed by atoms with Gasteiger partial charge in [0.1, 0.15) is 17.9 Å². The van der Waals surface area contributed by atoms with Crippen LogP contribution in [0.4, 0.5) is 5.82 Å². The topological polar surface area (TPSA) is 58.6 Å². The molecule has 29 heavy (non-hydrogen) atoms. The number of carbonyl (C=O) groups is 1. The molecular formula is C22H21IN4O2. The van der Waals surface area contributed by atoms with Gasteiger partial charge in [0.05, 0.1) is 12.8 Å². The summed E-state index contributed by atoms with van der Waals surface area (Å²) in [6.45, 7) is 2.84. The van der Waals surface area contributed by atoms with Crippen LogP contribution in [0.25, 0.3) is 11.3 Å². The van der Waals surface area contributed by atoms with E-state index < -0.39 is 0 Å². The van der Waals surface area contributed by atoms with Crippen LogP contribution in [-0.4, -0.2) is 54.1 Å². The van der Waals surface area contributed by atoms with Crippen LogP contribution in [0.3, 0.4) is 0 Å². The summed E-state index contributed by atoms with van der Waals surface area (Å²) in [5.74, 6) is 1.78. The SMILES string of the molecule is COc1ccc(-c2cc(N3CCN(C(=O)c4ccc(I)cc4)CC3)ncn2)cc1. The van der Waals surface area contributed by atoms with Gasteiger partial charge in [0.25, 0.3) is 5.91 Å². The van der Waals surface area contributed by atoms with Gasteiger partial charge < -0.3 is 14.5 Å². The van der Waals surface area contributed by atoms with Crippen LogP contribution < -0.4 is 9.64 Å². The summed E-state index contributed by atoms with van der Waals surface area (Å²) in [5, 5.41) is 0. The van der Waals surface area contributed by atoms with Crippen molar-refractivity contribution in [3.8, 4) is 17.0 Å². The van der Waals surface area contributed by atoms with Crippen molar-refractivity contribution in [3.05, 3.63) is 70.1 Å². The molecule has 0 N–H and O–H groups in total. The minimum atomic E-state index is 0.0858. The number of piperazine rings is 1. The van der Waals surface area contributed by atoms with Gasteiger partial charge in [0.2, 0.25) is 0 Å². The molecule has 0 spiro atoms. The molecule has 1 amide bonds. The van der Waals surface area contributed by atoms with E-state index in [0.717, 1.165) is 45.0 Å². The fraction of sp³-hybridized carbons (Fsp3) is 0.227. The number of aromatic nitrogens is 2. The quantitative estimate of drug-likeness (QED) is 0.512. The number of carbonyl (C=O) groups excluding carboxylic acids is 1. The Kier molecular flexibility index (Phi) is 5.94. The number of hydrogen-bond donors (Lipinski definition) is 0. The van der Waals surface area contributed by atoms with Gasteiger partial charge in [-0.15, -0.1) is 0 Å². The summed E-state index contributed by atoms with van der Waals surface area (Å²) in [7, 11) is 1.65. The minimum Gasteiger partial charge on any atom is -0.497 e. The zero-order valence-electron chi connectivity index (χ0n) is 16.1. The highest BCUT2D eigenvalue weighted by Crippen LogP contribution is 2.24. The molecule has 0 unspecified atom stereocenters. The number of amides is 1. The monoisotopic (exact) mass is 500 g/mol. The molecule has 3 aromatic rings. The summed E-state index contributed by atoms with van der Waals surface area (Å²) in [6.07, 6.45) is 1.60. The van der Waals surface area contributed by atoms with E-state index >= 15 is 0 Å². The molecule has 0 radical (unpaired) electrons. The molecule has 1 fully saturated rings. The number of halogens is 1. The predicted molar refractivity (Wildman–Crippen MR) is 121 cm³/mol. The third-order valence-electron chi connectivity index (χ3n) is 5.02. The second-order valence-corrected chi connectivity index (χ2v) is 8.02. The van der Waals surface area contributed by atoms with Gasteiger partial charge in [-0.05, 0) is 71.1 Å². The number of hydrogen-bond acceptors (Lipinski definition) is 5. The van der Waals surface area contributed by atoms with Crippen LogP contribution >= 0.6 is 22.6 Å². The Morgan fingerprint density at radius 1 is 0.966 bits per heavy atom. The molecule has 148 valence electrons. The maximum absolute atomic E-state index is 12.7. The molecule has 0 aliphatic carbocycles. The van der Waals surface area contributed by atoms with E-state index in [2.05, 4.69) is 37.5 Å². The van der Waals surface area contributed by atoms with Gasteiger partial charge >= 0.3 is 0 Å². The molecule has 7 heteroatoms. The van der Waals surface area contributed by atoms with Crippen LogP contribution in [0.1, 0.15) is 10.4 Å². The second kappa shape index (κ2) is 8.77. The number of rotatable bonds is 4. The largest absolute Gasteiger partial charge is 0.497 e. The highest BCUT2D eigenvalue weighted by molar-refractivity contribution is 14.1. The third-order valence-corrected chi connectivity index (χ3v) is 5.74. The van der Waals surface area contributed by atoms with Gasteiger partial charge in [-0.2, -0.15) is 0 Å². The Labute approximate surface area is 183 Å². The number of methoxy groups -OCH3 is 1. The lowest BCUT2D eigenvalue weighted by atomic mass is 10.1. The van der Waals surface area contributed by atoms with Crippen LogP contribution in [0.2, 0.25) is 0 Å². The van der Waals surface area contributed by atoms with E-state index in [9.17, 15) is 4.79 Å². The Balaban J connectivity index is 1.43. The molecule has 0 saturated carbocycles. The molecule has 1 aliphatic rings. The first kappa shape index (κ1) is 19.6. The number of nitrogens with zero attached hydrogens (tertiary/aromatic N) is 4. The molecule has 6 nitrogen and oxygen atoms in total. The van der Waals surface area contributed by atoms with Crippen molar-refractivity contribution in [1.82, 2.24) is 14.9 Å². The normalized spacial score (nSPS) is 14.0. The molecular weight excluding hydrogens is 479 g/mol. The van der Waals surface area contributed by atoms with E-state index in [1.54, 1.807) is 13.4 Å². The zero-order valence-corrected chi connectivity index (χ0v) is 18.2. The van der Waals surface area contributed by atoms with E-state index in [4.69, 9.17) is 4.74 Å². The van der Waals surface area contributed by atoms with Gasteiger partial charge in [0, 0.05) is 46.9 Å². The van der Waals surface area contributed by atoms with Gasteiger partial charge in [-0.3, -0.25) is 4.79 Å². The van der Waals surface area contributed by atoms with Gasteiger partial charge in [-0.1, -0.05) is 0 Å². The highest BCUT2D eigenvalue weighted by atomic mass is 127. The van der Waals surface area contributed by atoms with E-state index in [1.165, 1.54) is 0 Å². The molecule has 2 heterocycles. The molecule has 2 aromatic carbocycles. The van der Waals surface area contributed by atoms with E-state index in [-0.39, 0.29) is 5.91 Å². The lowest BCUT2D eigenvalue weighted by molar-refractivity contribution is 0.0746. The first-order chi connectivity index (χ1) is 14.1. The van der Waals surface area contributed by atoms with Crippen molar-refractivity contribution >= 4 is 34.3 Å². The first-order valence-electron chi connectivity index (χ1n) is 9.40.